The minimum atomic E-state index is -0.0288. The Hall–Kier alpha value is -1.81. The summed E-state index contributed by atoms with van der Waals surface area (Å²) >= 11 is 0. The number of hydrogen-bond donors (Lipinski definition) is 2. The fraction of sp³-hybridized carbons (Fsp3) is 0.250. The topological polar surface area (TPSA) is 46.1 Å². The molecule has 2 N–H and O–H groups in total. The third-order valence-electron chi connectivity index (χ3n) is 2.59. The lowest BCUT2D eigenvalue weighted by Gasteiger charge is -2.01. The zero-order valence-electron chi connectivity index (χ0n) is 9.45. The summed E-state index contributed by atoms with van der Waals surface area (Å²) in [5.74, 6) is -0.0288. The molecule has 16 heavy (non-hydrogen) atoms. The van der Waals surface area contributed by atoms with Gasteiger partial charge in [-0.25, -0.2) is 5.43 Å². The number of para-hydroxylation sites is 1. The highest BCUT2D eigenvalue weighted by atomic mass is 16.2. The molecule has 0 atom stereocenters. The standard InChI is InChI=1S/C12H15N3O/c1-13-14-12(16)7-9-8-15(2)11-6-4-3-5-10(9)11/h3-6,8,13H,7H2,1-2H3,(H,14,16). The normalized spacial score (nSPS) is 10.6. The second kappa shape index (κ2) is 4.37. The van der Waals surface area contributed by atoms with Gasteiger partial charge in [-0.1, -0.05) is 18.2 Å². The van der Waals surface area contributed by atoms with E-state index in [2.05, 4.69) is 16.9 Å². The smallest absolute Gasteiger partial charge is 0.238 e. The maximum absolute atomic E-state index is 11.5. The summed E-state index contributed by atoms with van der Waals surface area (Å²) in [5.41, 5.74) is 7.40. The van der Waals surface area contributed by atoms with E-state index in [1.165, 1.54) is 0 Å². The van der Waals surface area contributed by atoms with Crippen molar-refractivity contribution in [2.24, 2.45) is 7.05 Å². The van der Waals surface area contributed by atoms with Gasteiger partial charge in [0.15, 0.2) is 0 Å². The van der Waals surface area contributed by atoms with Crippen LogP contribution in [0.2, 0.25) is 0 Å². The van der Waals surface area contributed by atoms with E-state index in [0.717, 1.165) is 16.5 Å². The Labute approximate surface area is 94.2 Å². The van der Waals surface area contributed by atoms with Crippen molar-refractivity contribution in [1.29, 1.82) is 0 Å². The average Bonchev–Trinajstić information content (AvgIpc) is 2.57. The second-order valence-corrected chi connectivity index (χ2v) is 3.76. The molecule has 1 aromatic heterocycles. The number of hydrogen-bond acceptors (Lipinski definition) is 2. The van der Waals surface area contributed by atoms with Crippen molar-refractivity contribution in [2.75, 3.05) is 7.05 Å². The van der Waals surface area contributed by atoms with Gasteiger partial charge in [-0.15, -0.1) is 0 Å². The molecular formula is C12H15N3O. The summed E-state index contributed by atoms with van der Waals surface area (Å²) in [6, 6.07) is 8.08. The second-order valence-electron chi connectivity index (χ2n) is 3.76. The number of aromatic nitrogens is 1. The van der Waals surface area contributed by atoms with Crippen LogP contribution in [0.1, 0.15) is 5.56 Å². The number of aryl methyl sites for hydroxylation is 1. The van der Waals surface area contributed by atoms with Crippen LogP contribution in [0.25, 0.3) is 10.9 Å². The van der Waals surface area contributed by atoms with E-state index in [4.69, 9.17) is 0 Å². The van der Waals surface area contributed by atoms with Crippen LogP contribution in [0, 0.1) is 0 Å². The molecule has 0 saturated carbocycles. The van der Waals surface area contributed by atoms with Crippen LogP contribution in [0.3, 0.4) is 0 Å². The molecular weight excluding hydrogens is 202 g/mol. The van der Waals surface area contributed by atoms with Gasteiger partial charge in [0.25, 0.3) is 0 Å². The molecule has 4 nitrogen and oxygen atoms in total. The Morgan fingerprint density at radius 3 is 2.88 bits per heavy atom. The van der Waals surface area contributed by atoms with Crippen molar-refractivity contribution in [3.8, 4) is 0 Å². The van der Waals surface area contributed by atoms with Gasteiger partial charge in [-0.3, -0.25) is 10.2 Å². The molecule has 1 amide bonds. The number of carbonyl (C=O) groups is 1. The minimum absolute atomic E-state index is 0.0288. The van der Waals surface area contributed by atoms with Crippen molar-refractivity contribution in [3.05, 3.63) is 36.0 Å². The van der Waals surface area contributed by atoms with E-state index in [9.17, 15) is 4.79 Å². The molecule has 0 spiro atoms. The zero-order valence-corrected chi connectivity index (χ0v) is 9.45. The highest BCUT2D eigenvalue weighted by Crippen LogP contribution is 2.20. The predicted octanol–water partition coefficient (Wildman–Crippen LogP) is 0.971. The summed E-state index contributed by atoms with van der Waals surface area (Å²) in [7, 11) is 3.67. The first-order valence-corrected chi connectivity index (χ1v) is 5.21. The molecule has 0 aliphatic rings. The van der Waals surface area contributed by atoms with Gasteiger partial charge in [0, 0.05) is 31.2 Å². The molecule has 1 heterocycles. The third-order valence-corrected chi connectivity index (χ3v) is 2.59. The Morgan fingerprint density at radius 1 is 1.38 bits per heavy atom. The van der Waals surface area contributed by atoms with Crippen molar-refractivity contribution in [1.82, 2.24) is 15.4 Å². The first-order valence-electron chi connectivity index (χ1n) is 5.21. The summed E-state index contributed by atoms with van der Waals surface area (Å²) in [5, 5.41) is 1.14. The van der Waals surface area contributed by atoms with Crippen LogP contribution < -0.4 is 10.9 Å². The summed E-state index contributed by atoms with van der Waals surface area (Å²) in [6.07, 6.45) is 2.39. The minimum Gasteiger partial charge on any atom is -0.350 e. The highest BCUT2D eigenvalue weighted by molar-refractivity contribution is 5.89. The monoisotopic (exact) mass is 217 g/mol. The van der Waals surface area contributed by atoms with Gasteiger partial charge < -0.3 is 4.57 Å². The molecule has 0 saturated heterocycles. The van der Waals surface area contributed by atoms with Gasteiger partial charge in [0.2, 0.25) is 5.91 Å². The predicted molar refractivity (Wildman–Crippen MR) is 63.8 cm³/mol. The van der Waals surface area contributed by atoms with E-state index < -0.39 is 0 Å². The Balaban J connectivity index is 2.34. The lowest BCUT2D eigenvalue weighted by molar-refractivity contribution is -0.121. The number of hydrazine groups is 1. The number of amides is 1. The van der Waals surface area contributed by atoms with E-state index in [1.54, 1.807) is 7.05 Å². The maximum atomic E-state index is 11.5. The molecule has 2 rings (SSSR count). The molecule has 0 unspecified atom stereocenters. The number of fused-ring (bicyclic) bond motifs is 1. The largest absolute Gasteiger partial charge is 0.350 e. The molecule has 0 fully saturated rings. The maximum Gasteiger partial charge on any atom is 0.238 e. The van der Waals surface area contributed by atoms with Crippen LogP contribution in [-0.2, 0) is 18.3 Å². The number of nitrogens with one attached hydrogen (secondary N) is 2. The highest BCUT2D eigenvalue weighted by Gasteiger charge is 2.09. The fourth-order valence-corrected chi connectivity index (χ4v) is 1.92. The number of rotatable bonds is 3. The lowest BCUT2D eigenvalue weighted by Crippen LogP contribution is -2.35. The van der Waals surface area contributed by atoms with Gasteiger partial charge in [0.05, 0.1) is 6.42 Å². The number of benzene rings is 1. The lowest BCUT2D eigenvalue weighted by atomic mass is 10.1. The Bertz CT molecular complexity index is 516. The Kier molecular flexibility index (Phi) is 2.92. The molecule has 0 bridgehead atoms. The van der Waals surface area contributed by atoms with Crippen molar-refractivity contribution >= 4 is 16.8 Å². The molecule has 0 radical (unpaired) electrons. The van der Waals surface area contributed by atoms with Gasteiger partial charge in [-0.2, -0.15) is 0 Å². The molecule has 4 heteroatoms. The van der Waals surface area contributed by atoms with Crippen LogP contribution >= 0.6 is 0 Å². The summed E-state index contributed by atoms with van der Waals surface area (Å²) in [6.45, 7) is 0. The van der Waals surface area contributed by atoms with E-state index >= 15 is 0 Å². The first kappa shape index (κ1) is 10.7. The van der Waals surface area contributed by atoms with Crippen LogP contribution in [0.5, 0.6) is 0 Å². The molecule has 0 aliphatic heterocycles. The SMILES string of the molecule is CNNC(=O)Cc1cn(C)c2ccccc12. The van der Waals surface area contributed by atoms with Gasteiger partial charge in [0.1, 0.15) is 0 Å². The fourth-order valence-electron chi connectivity index (χ4n) is 1.92. The van der Waals surface area contributed by atoms with Gasteiger partial charge in [-0.05, 0) is 11.6 Å². The van der Waals surface area contributed by atoms with E-state index in [0.29, 0.717) is 6.42 Å². The average molecular weight is 217 g/mol. The van der Waals surface area contributed by atoms with Crippen LogP contribution in [0.15, 0.2) is 30.5 Å². The first-order chi connectivity index (χ1) is 7.72. The van der Waals surface area contributed by atoms with Crippen LogP contribution in [0.4, 0.5) is 0 Å². The number of nitrogens with zero attached hydrogens (tertiary/aromatic N) is 1. The Morgan fingerprint density at radius 2 is 2.12 bits per heavy atom. The van der Waals surface area contributed by atoms with Crippen molar-refractivity contribution in [2.45, 2.75) is 6.42 Å². The molecule has 84 valence electrons. The van der Waals surface area contributed by atoms with Gasteiger partial charge >= 0.3 is 0 Å². The molecule has 0 aliphatic carbocycles. The summed E-state index contributed by atoms with van der Waals surface area (Å²) in [4.78, 5) is 11.5. The van der Waals surface area contributed by atoms with Crippen molar-refractivity contribution in [3.63, 3.8) is 0 Å². The zero-order chi connectivity index (χ0) is 11.5. The quantitative estimate of drug-likeness (QED) is 0.753. The van der Waals surface area contributed by atoms with E-state index in [1.807, 2.05) is 36.0 Å². The third kappa shape index (κ3) is 1.92. The molecule has 2 aromatic rings. The van der Waals surface area contributed by atoms with Crippen molar-refractivity contribution < 1.29 is 4.79 Å². The summed E-state index contributed by atoms with van der Waals surface area (Å²) < 4.78 is 2.04. The van der Waals surface area contributed by atoms with E-state index in [-0.39, 0.29) is 5.91 Å². The number of carbonyl (C=O) groups excluding carboxylic acids is 1. The van der Waals surface area contributed by atoms with Crippen LogP contribution in [-0.4, -0.2) is 17.5 Å². The molecule has 1 aromatic carbocycles.